The van der Waals surface area contributed by atoms with Crippen molar-refractivity contribution in [3.63, 3.8) is 0 Å². The van der Waals surface area contributed by atoms with Gasteiger partial charge in [0.2, 0.25) is 5.91 Å². The standard InChI is InChI=1S/C30H32ClN3O2/c1-22-9-5-6-12-25(22)28(35)34-19-17-33(18-20-34)27-14-13-24(21-26(27)31)32-29(36)30(15-7-8-16-30)23-10-3-2-4-11-23/h2-6,9-14,21H,7-8,15-20H2,1H3,(H,32,36). The minimum Gasteiger partial charge on any atom is -0.367 e. The number of rotatable bonds is 5. The maximum absolute atomic E-state index is 13.5. The molecule has 5 rings (SSSR count). The van der Waals surface area contributed by atoms with E-state index in [1.807, 2.05) is 72.5 Å². The lowest BCUT2D eigenvalue weighted by Gasteiger charge is -2.36. The van der Waals surface area contributed by atoms with Crippen LogP contribution in [0, 0.1) is 6.92 Å². The molecule has 2 amide bonds. The molecule has 1 N–H and O–H groups in total. The van der Waals surface area contributed by atoms with E-state index in [0.717, 1.165) is 48.1 Å². The van der Waals surface area contributed by atoms with E-state index in [0.29, 0.717) is 36.9 Å². The molecule has 2 aliphatic rings. The maximum atomic E-state index is 13.5. The van der Waals surface area contributed by atoms with E-state index in [9.17, 15) is 9.59 Å². The number of aryl methyl sites for hydroxylation is 1. The number of amides is 2. The van der Waals surface area contributed by atoms with Crippen molar-refractivity contribution in [1.29, 1.82) is 0 Å². The zero-order chi connectivity index (χ0) is 25.1. The molecule has 1 saturated carbocycles. The molecule has 1 aliphatic carbocycles. The summed E-state index contributed by atoms with van der Waals surface area (Å²) in [4.78, 5) is 30.5. The minimum atomic E-state index is -0.480. The molecule has 0 bridgehead atoms. The van der Waals surface area contributed by atoms with Crippen LogP contribution in [-0.2, 0) is 10.2 Å². The Morgan fingerprint density at radius 2 is 1.53 bits per heavy atom. The number of halogens is 1. The lowest BCUT2D eigenvalue weighted by atomic mass is 9.78. The number of carbonyl (C=O) groups excluding carboxylic acids is 2. The number of benzene rings is 3. The molecule has 0 aromatic heterocycles. The molecule has 0 atom stereocenters. The molecule has 1 heterocycles. The Labute approximate surface area is 218 Å². The van der Waals surface area contributed by atoms with Gasteiger partial charge < -0.3 is 15.1 Å². The highest BCUT2D eigenvalue weighted by atomic mass is 35.5. The summed E-state index contributed by atoms with van der Waals surface area (Å²) in [6, 6.07) is 23.6. The second-order valence-corrected chi connectivity index (χ2v) is 10.3. The van der Waals surface area contributed by atoms with E-state index < -0.39 is 5.41 Å². The second-order valence-electron chi connectivity index (χ2n) is 9.87. The molecule has 2 fully saturated rings. The summed E-state index contributed by atoms with van der Waals surface area (Å²) in [5, 5.41) is 3.75. The molecular weight excluding hydrogens is 470 g/mol. The first-order valence-corrected chi connectivity index (χ1v) is 13.1. The van der Waals surface area contributed by atoms with E-state index in [-0.39, 0.29) is 11.8 Å². The Bertz CT molecular complexity index is 1250. The van der Waals surface area contributed by atoms with Crippen molar-refractivity contribution >= 4 is 34.8 Å². The Kier molecular flexibility index (Phi) is 7.01. The van der Waals surface area contributed by atoms with Crippen LogP contribution in [0.3, 0.4) is 0 Å². The lowest BCUT2D eigenvalue weighted by Crippen LogP contribution is -2.49. The van der Waals surface area contributed by atoms with Gasteiger partial charge >= 0.3 is 0 Å². The maximum Gasteiger partial charge on any atom is 0.254 e. The van der Waals surface area contributed by atoms with Gasteiger partial charge in [-0.05, 0) is 55.2 Å². The van der Waals surface area contributed by atoms with Gasteiger partial charge in [-0.1, -0.05) is 73.0 Å². The van der Waals surface area contributed by atoms with E-state index in [1.54, 1.807) is 0 Å². The Morgan fingerprint density at radius 1 is 0.861 bits per heavy atom. The molecule has 3 aromatic carbocycles. The van der Waals surface area contributed by atoms with Gasteiger partial charge in [0, 0.05) is 37.4 Å². The number of hydrogen-bond acceptors (Lipinski definition) is 3. The monoisotopic (exact) mass is 501 g/mol. The van der Waals surface area contributed by atoms with Gasteiger partial charge in [0.25, 0.3) is 5.91 Å². The van der Waals surface area contributed by atoms with Crippen molar-refractivity contribution in [2.24, 2.45) is 0 Å². The van der Waals surface area contributed by atoms with Gasteiger partial charge in [-0.25, -0.2) is 0 Å². The third kappa shape index (κ3) is 4.72. The number of anilines is 2. The quantitative estimate of drug-likeness (QED) is 0.462. The van der Waals surface area contributed by atoms with E-state index in [1.165, 1.54) is 0 Å². The van der Waals surface area contributed by atoms with Gasteiger partial charge in [-0.3, -0.25) is 9.59 Å². The van der Waals surface area contributed by atoms with Gasteiger partial charge in [0.05, 0.1) is 16.1 Å². The normalized spacial score (nSPS) is 17.2. The molecule has 1 saturated heterocycles. The van der Waals surface area contributed by atoms with Crippen molar-refractivity contribution in [2.75, 3.05) is 36.4 Å². The van der Waals surface area contributed by atoms with E-state index in [4.69, 9.17) is 11.6 Å². The minimum absolute atomic E-state index is 0.0401. The van der Waals surface area contributed by atoms with Crippen molar-refractivity contribution in [2.45, 2.75) is 38.0 Å². The second kappa shape index (κ2) is 10.4. The van der Waals surface area contributed by atoms with Crippen molar-refractivity contribution < 1.29 is 9.59 Å². The predicted molar refractivity (Wildman–Crippen MR) is 146 cm³/mol. The highest BCUT2D eigenvalue weighted by molar-refractivity contribution is 6.33. The Balaban J connectivity index is 1.25. The summed E-state index contributed by atoms with van der Waals surface area (Å²) >= 11 is 6.70. The lowest BCUT2D eigenvalue weighted by molar-refractivity contribution is -0.121. The highest BCUT2D eigenvalue weighted by Crippen LogP contribution is 2.42. The fourth-order valence-corrected chi connectivity index (χ4v) is 5.91. The number of hydrogen-bond donors (Lipinski definition) is 1. The van der Waals surface area contributed by atoms with Crippen LogP contribution in [0.2, 0.25) is 5.02 Å². The zero-order valence-corrected chi connectivity index (χ0v) is 21.4. The highest BCUT2D eigenvalue weighted by Gasteiger charge is 2.42. The number of nitrogens with zero attached hydrogens (tertiary/aromatic N) is 2. The van der Waals surface area contributed by atoms with Crippen molar-refractivity contribution in [1.82, 2.24) is 4.90 Å². The summed E-state index contributed by atoms with van der Waals surface area (Å²) in [5.41, 5.74) is 4.00. The number of carbonyl (C=O) groups is 2. The summed E-state index contributed by atoms with van der Waals surface area (Å²) < 4.78 is 0. The van der Waals surface area contributed by atoms with Crippen LogP contribution in [0.5, 0.6) is 0 Å². The molecule has 6 heteroatoms. The molecule has 36 heavy (non-hydrogen) atoms. The average molecular weight is 502 g/mol. The molecular formula is C30H32ClN3O2. The predicted octanol–water partition coefficient (Wildman–Crippen LogP) is 6.06. The average Bonchev–Trinajstić information content (AvgIpc) is 3.41. The fraction of sp³-hybridized carbons (Fsp3) is 0.333. The molecule has 0 unspecified atom stereocenters. The Morgan fingerprint density at radius 3 is 2.19 bits per heavy atom. The first-order chi connectivity index (χ1) is 17.5. The van der Waals surface area contributed by atoms with Crippen LogP contribution in [0.1, 0.15) is 47.2 Å². The Hall–Kier alpha value is -3.31. The van der Waals surface area contributed by atoms with E-state index >= 15 is 0 Å². The van der Waals surface area contributed by atoms with Crippen LogP contribution in [0.25, 0.3) is 0 Å². The summed E-state index contributed by atoms with van der Waals surface area (Å²) in [7, 11) is 0. The SMILES string of the molecule is Cc1ccccc1C(=O)N1CCN(c2ccc(NC(=O)C3(c4ccccc4)CCCC3)cc2Cl)CC1. The summed E-state index contributed by atoms with van der Waals surface area (Å²) in [6.45, 7) is 4.67. The first kappa shape index (κ1) is 24.4. The molecule has 1 aliphatic heterocycles. The summed E-state index contributed by atoms with van der Waals surface area (Å²) in [6.07, 6.45) is 3.83. The zero-order valence-electron chi connectivity index (χ0n) is 20.7. The van der Waals surface area contributed by atoms with Crippen molar-refractivity contribution in [3.05, 3.63) is 94.5 Å². The van der Waals surface area contributed by atoms with Crippen LogP contribution in [0.15, 0.2) is 72.8 Å². The third-order valence-electron chi connectivity index (χ3n) is 7.71. The first-order valence-electron chi connectivity index (χ1n) is 12.7. The van der Waals surface area contributed by atoms with Crippen molar-refractivity contribution in [3.8, 4) is 0 Å². The third-order valence-corrected chi connectivity index (χ3v) is 8.01. The molecule has 5 nitrogen and oxygen atoms in total. The molecule has 186 valence electrons. The van der Waals surface area contributed by atoms with Crippen LogP contribution >= 0.6 is 11.6 Å². The number of piperazine rings is 1. The number of nitrogens with one attached hydrogen (secondary N) is 1. The fourth-order valence-electron chi connectivity index (χ4n) is 5.61. The van der Waals surface area contributed by atoms with Crippen LogP contribution in [0.4, 0.5) is 11.4 Å². The molecule has 0 radical (unpaired) electrons. The molecule has 0 spiro atoms. The van der Waals surface area contributed by atoms with Crippen LogP contribution < -0.4 is 10.2 Å². The van der Waals surface area contributed by atoms with Gasteiger partial charge in [0.15, 0.2) is 0 Å². The molecule has 3 aromatic rings. The smallest absolute Gasteiger partial charge is 0.254 e. The van der Waals surface area contributed by atoms with Gasteiger partial charge in [0.1, 0.15) is 0 Å². The van der Waals surface area contributed by atoms with E-state index in [2.05, 4.69) is 22.3 Å². The summed E-state index contributed by atoms with van der Waals surface area (Å²) in [5.74, 6) is 0.120. The topological polar surface area (TPSA) is 52.7 Å². The van der Waals surface area contributed by atoms with Gasteiger partial charge in [-0.2, -0.15) is 0 Å². The van der Waals surface area contributed by atoms with Gasteiger partial charge in [-0.15, -0.1) is 0 Å². The van der Waals surface area contributed by atoms with Crippen LogP contribution in [-0.4, -0.2) is 42.9 Å². The largest absolute Gasteiger partial charge is 0.367 e.